The van der Waals surface area contributed by atoms with Crippen LogP contribution in [0.1, 0.15) is 11.1 Å². The van der Waals surface area contributed by atoms with Crippen LogP contribution in [0, 0.1) is 22.4 Å². The van der Waals surface area contributed by atoms with Crippen molar-refractivity contribution in [1.29, 1.82) is 5.41 Å². The highest BCUT2D eigenvalue weighted by Crippen LogP contribution is 2.25. The van der Waals surface area contributed by atoms with Crippen LogP contribution in [0.15, 0.2) is 42.7 Å². The Morgan fingerprint density at radius 3 is 2.59 bits per heavy atom. The Morgan fingerprint density at radius 1 is 1.41 bits per heavy atom. The Kier molecular flexibility index (Phi) is 4.47. The molecule has 3 N–H and O–H groups in total. The maximum atomic E-state index is 10.7. The van der Waals surface area contributed by atoms with Gasteiger partial charge in [0.15, 0.2) is 0 Å². The van der Waals surface area contributed by atoms with Crippen molar-refractivity contribution in [3.05, 3.63) is 64.0 Å². The predicted molar refractivity (Wildman–Crippen MR) is 83.1 cm³/mol. The number of allylic oxidation sites excluding steroid dienone is 1. The van der Waals surface area contributed by atoms with Crippen LogP contribution in [0.4, 0.5) is 5.69 Å². The Balaban J connectivity index is 2.19. The highest BCUT2D eigenvalue weighted by Gasteiger charge is 2.12. The number of benzene rings is 1. The van der Waals surface area contributed by atoms with Crippen LogP contribution in [-0.2, 0) is 0 Å². The molecule has 0 amide bonds. The van der Waals surface area contributed by atoms with E-state index in [0.29, 0.717) is 16.9 Å². The molecule has 0 saturated carbocycles. The van der Waals surface area contributed by atoms with Crippen LogP contribution < -0.4 is 10.5 Å². The average molecular weight is 298 g/mol. The van der Waals surface area contributed by atoms with Crippen LogP contribution in [0.3, 0.4) is 0 Å². The zero-order valence-electron chi connectivity index (χ0n) is 11.8. The van der Waals surface area contributed by atoms with Gasteiger partial charge in [-0.1, -0.05) is 12.1 Å². The van der Waals surface area contributed by atoms with E-state index in [1.165, 1.54) is 18.5 Å². The molecule has 112 valence electrons. The summed E-state index contributed by atoms with van der Waals surface area (Å²) in [6.07, 6.45) is 3.69. The lowest BCUT2D eigenvalue weighted by Gasteiger charge is -2.07. The van der Waals surface area contributed by atoms with E-state index < -0.39 is 4.92 Å². The number of ether oxygens (including phenoxy) is 1. The number of nitrogens with zero attached hydrogens (tertiary/aromatic N) is 2. The summed E-state index contributed by atoms with van der Waals surface area (Å²) >= 11 is 0. The molecule has 0 aliphatic carbocycles. The van der Waals surface area contributed by atoms with Gasteiger partial charge in [0.05, 0.1) is 4.92 Å². The number of aryl methyl sites for hydroxylation is 1. The molecule has 0 bridgehead atoms. The Bertz CT molecular complexity index is 739. The summed E-state index contributed by atoms with van der Waals surface area (Å²) in [5, 5.41) is 18.0. The van der Waals surface area contributed by atoms with E-state index >= 15 is 0 Å². The molecule has 7 heteroatoms. The number of rotatable bonds is 5. The molecule has 0 unspecified atom stereocenters. The van der Waals surface area contributed by atoms with Crippen molar-refractivity contribution in [3.63, 3.8) is 0 Å². The molecule has 22 heavy (non-hydrogen) atoms. The SMILES string of the molecule is Cc1cc(Oc2ccc(/C(C=N)=C/N)cc2)ncc1[N+](=O)[O-]. The van der Waals surface area contributed by atoms with Crippen molar-refractivity contribution in [1.82, 2.24) is 4.98 Å². The third-order valence-corrected chi connectivity index (χ3v) is 3.00. The second-order valence-corrected chi connectivity index (χ2v) is 4.46. The lowest BCUT2D eigenvalue weighted by molar-refractivity contribution is -0.385. The second-order valence-electron chi connectivity index (χ2n) is 4.46. The van der Waals surface area contributed by atoms with Crippen LogP contribution in [0.25, 0.3) is 5.57 Å². The van der Waals surface area contributed by atoms with E-state index in [1.54, 1.807) is 31.2 Å². The highest BCUT2D eigenvalue weighted by molar-refractivity contribution is 6.08. The van der Waals surface area contributed by atoms with Crippen molar-refractivity contribution in [2.75, 3.05) is 0 Å². The summed E-state index contributed by atoms with van der Waals surface area (Å²) in [6.45, 7) is 1.62. The molecule has 0 spiro atoms. The minimum atomic E-state index is -0.487. The highest BCUT2D eigenvalue weighted by atomic mass is 16.6. The predicted octanol–water partition coefficient (Wildman–Crippen LogP) is 3.04. The number of hydrogen-bond acceptors (Lipinski definition) is 6. The van der Waals surface area contributed by atoms with Crippen molar-refractivity contribution >= 4 is 17.5 Å². The van der Waals surface area contributed by atoms with E-state index in [1.807, 2.05) is 0 Å². The average Bonchev–Trinajstić information content (AvgIpc) is 2.50. The molecule has 7 nitrogen and oxygen atoms in total. The van der Waals surface area contributed by atoms with Crippen molar-refractivity contribution in [3.8, 4) is 11.6 Å². The zero-order valence-corrected chi connectivity index (χ0v) is 11.8. The first kappa shape index (κ1) is 15.2. The number of nitrogens with two attached hydrogens (primary N) is 1. The molecule has 2 aromatic rings. The summed E-state index contributed by atoms with van der Waals surface area (Å²) in [5.41, 5.74) is 7.23. The Morgan fingerprint density at radius 2 is 2.09 bits per heavy atom. The van der Waals surface area contributed by atoms with Gasteiger partial charge in [0, 0.05) is 29.6 Å². The largest absolute Gasteiger partial charge is 0.439 e. The molecule has 0 aliphatic heterocycles. The monoisotopic (exact) mass is 298 g/mol. The molecular weight excluding hydrogens is 284 g/mol. The van der Waals surface area contributed by atoms with Crippen LogP contribution >= 0.6 is 0 Å². The summed E-state index contributed by atoms with van der Waals surface area (Å²) in [4.78, 5) is 14.2. The molecule has 0 radical (unpaired) electrons. The van der Waals surface area contributed by atoms with E-state index in [4.69, 9.17) is 15.9 Å². The maximum absolute atomic E-state index is 10.7. The molecule has 1 heterocycles. The number of aromatic nitrogens is 1. The number of nitro groups is 1. The van der Waals surface area contributed by atoms with E-state index in [-0.39, 0.29) is 11.6 Å². The summed E-state index contributed by atoms with van der Waals surface area (Å²) in [6, 6.07) is 8.45. The van der Waals surface area contributed by atoms with Crippen molar-refractivity contribution in [2.45, 2.75) is 6.92 Å². The van der Waals surface area contributed by atoms with Gasteiger partial charge in [-0.05, 0) is 24.6 Å². The summed E-state index contributed by atoms with van der Waals surface area (Å²) in [7, 11) is 0. The first-order chi connectivity index (χ1) is 10.5. The number of pyridine rings is 1. The van der Waals surface area contributed by atoms with Crippen molar-refractivity contribution < 1.29 is 9.66 Å². The van der Waals surface area contributed by atoms with Gasteiger partial charge in [-0.3, -0.25) is 10.1 Å². The Labute approximate surface area is 126 Å². The summed E-state index contributed by atoms with van der Waals surface area (Å²) in [5.74, 6) is 0.809. The van der Waals surface area contributed by atoms with Gasteiger partial charge in [0.25, 0.3) is 5.69 Å². The van der Waals surface area contributed by atoms with Crippen LogP contribution in [-0.4, -0.2) is 16.1 Å². The third-order valence-electron chi connectivity index (χ3n) is 3.00. The van der Waals surface area contributed by atoms with Gasteiger partial charge < -0.3 is 15.9 Å². The smallest absolute Gasteiger partial charge is 0.290 e. The van der Waals surface area contributed by atoms with Gasteiger partial charge >= 0.3 is 0 Å². The standard InChI is InChI=1S/C15H14N4O3/c1-10-6-15(18-9-14(10)19(20)21)22-13-4-2-11(3-5-13)12(7-16)8-17/h2-9,16H,17H2,1H3/b12-8+,16-7?. The fourth-order valence-electron chi connectivity index (χ4n) is 1.83. The molecule has 0 aliphatic rings. The topological polar surface area (TPSA) is 115 Å². The van der Waals surface area contributed by atoms with E-state index in [0.717, 1.165) is 11.8 Å². The van der Waals surface area contributed by atoms with Gasteiger partial charge in [-0.25, -0.2) is 4.98 Å². The normalized spacial score (nSPS) is 11.0. The lowest BCUT2D eigenvalue weighted by atomic mass is 10.1. The quantitative estimate of drug-likeness (QED) is 0.500. The van der Waals surface area contributed by atoms with Gasteiger partial charge in [-0.2, -0.15) is 0 Å². The molecule has 0 fully saturated rings. The molecule has 2 rings (SSSR count). The maximum Gasteiger partial charge on any atom is 0.290 e. The zero-order chi connectivity index (χ0) is 16.1. The van der Waals surface area contributed by atoms with Gasteiger partial charge in [0.1, 0.15) is 11.9 Å². The van der Waals surface area contributed by atoms with Gasteiger partial charge in [0.2, 0.25) is 5.88 Å². The number of nitrogens with one attached hydrogen (secondary N) is 1. The molecule has 0 atom stereocenters. The minimum absolute atomic E-state index is 0.0496. The summed E-state index contributed by atoms with van der Waals surface area (Å²) < 4.78 is 5.55. The van der Waals surface area contributed by atoms with Gasteiger partial charge in [-0.15, -0.1) is 0 Å². The minimum Gasteiger partial charge on any atom is -0.439 e. The third kappa shape index (κ3) is 3.26. The first-order valence-corrected chi connectivity index (χ1v) is 6.37. The fourth-order valence-corrected chi connectivity index (χ4v) is 1.83. The second kappa shape index (κ2) is 6.49. The van der Waals surface area contributed by atoms with E-state index in [2.05, 4.69) is 4.98 Å². The molecule has 0 saturated heterocycles. The van der Waals surface area contributed by atoms with E-state index in [9.17, 15) is 10.1 Å². The van der Waals surface area contributed by atoms with Crippen LogP contribution in [0.5, 0.6) is 11.6 Å². The lowest BCUT2D eigenvalue weighted by Crippen LogP contribution is -1.95. The molecule has 1 aromatic carbocycles. The molecule has 1 aromatic heterocycles. The van der Waals surface area contributed by atoms with Crippen molar-refractivity contribution in [2.24, 2.45) is 5.73 Å². The first-order valence-electron chi connectivity index (χ1n) is 6.37. The van der Waals surface area contributed by atoms with Crippen LogP contribution in [0.2, 0.25) is 0 Å². The molecular formula is C15H14N4O3. The Hall–Kier alpha value is -3.22. The number of hydrogen-bond donors (Lipinski definition) is 2. The fraction of sp³-hybridized carbons (Fsp3) is 0.0667.